The van der Waals surface area contributed by atoms with Crippen LogP contribution in [0.15, 0.2) is 30.5 Å². The van der Waals surface area contributed by atoms with E-state index in [1.165, 1.54) is 0 Å². The molecule has 3 rings (SSSR count). The normalized spacial score (nSPS) is 13.4. The molecule has 1 aromatic carbocycles. The Kier molecular flexibility index (Phi) is 3.31. The third-order valence-electron chi connectivity index (χ3n) is 3.83. The van der Waals surface area contributed by atoms with E-state index in [0.717, 1.165) is 33.3 Å². The van der Waals surface area contributed by atoms with Crippen molar-refractivity contribution in [1.29, 1.82) is 0 Å². The lowest BCUT2D eigenvalue weighted by molar-refractivity contribution is 0.285. The summed E-state index contributed by atoms with van der Waals surface area (Å²) in [5, 5.41) is 1.14. The van der Waals surface area contributed by atoms with E-state index < -0.39 is 0 Å². The van der Waals surface area contributed by atoms with Gasteiger partial charge < -0.3 is 14.5 Å². The molecular formula is C15H18N4S. The summed E-state index contributed by atoms with van der Waals surface area (Å²) in [5.74, 6) is 0. The number of rotatable bonds is 3. The number of aromatic amines is 1. The molecule has 2 heterocycles. The van der Waals surface area contributed by atoms with E-state index in [0.29, 0.717) is 6.04 Å². The maximum absolute atomic E-state index is 5.48. The summed E-state index contributed by atoms with van der Waals surface area (Å²) in [6, 6.07) is 8.59. The van der Waals surface area contributed by atoms with Gasteiger partial charge in [0, 0.05) is 18.0 Å². The summed E-state index contributed by atoms with van der Waals surface area (Å²) in [4.78, 5) is 9.94. The van der Waals surface area contributed by atoms with Gasteiger partial charge in [-0.3, -0.25) is 4.98 Å². The molecule has 0 saturated carbocycles. The molecule has 1 N–H and O–H groups in total. The van der Waals surface area contributed by atoms with Crippen LogP contribution in [0.2, 0.25) is 0 Å². The van der Waals surface area contributed by atoms with Crippen molar-refractivity contribution in [2.75, 3.05) is 14.1 Å². The number of fused-ring (bicyclic) bond motifs is 3. The largest absolute Gasteiger partial charge is 0.329 e. The van der Waals surface area contributed by atoms with Crippen molar-refractivity contribution in [2.24, 2.45) is 0 Å². The zero-order valence-corrected chi connectivity index (χ0v) is 12.7. The van der Waals surface area contributed by atoms with Crippen molar-refractivity contribution >= 4 is 34.2 Å². The van der Waals surface area contributed by atoms with Gasteiger partial charge in [0.25, 0.3) is 0 Å². The molecule has 0 amide bonds. The summed E-state index contributed by atoms with van der Waals surface area (Å²) in [6.07, 6.45) is 1.87. The quantitative estimate of drug-likeness (QED) is 0.751. The Bertz CT molecular complexity index is 815. The van der Waals surface area contributed by atoms with Crippen LogP contribution in [0.25, 0.3) is 21.9 Å². The lowest BCUT2D eigenvalue weighted by Gasteiger charge is -2.20. The summed E-state index contributed by atoms with van der Waals surface area (Å²) in [7, 11) is 4.17. The number of likely N-dealkylation sites (N-methyl/N-ethyl adjacent to an activating group) is 1. The molecule has 104 valence electrons. The average molecular weight is 286 g/mol. The standard InChI is InChI=1S/C15H18N4S/c1-10(18(2)3)9-19-14-11-6-4-5-7-12(11)16-8-13(14)17-15(19)20/h4-8,10H,9H2,1-3H3,(H,17,20). The van der Waals surface area contributed by atoms with Crippen LogP contribution in [-0.2, 0) is 6.54 Å². The van der Waals surface area contributed by atoms with Crippen LogP contribution in [0.3, 0.4) is 0 Å². The zero-order valence-electron chi connectivity index (χ0n) is 11.9. The summed E-state index contributed by atoms with van der Waals surface area (Å²) in [5.41, 5.74) is 3.15. The number of aromatic nitrogens is 3. The van der Waals surface area contributed by atoms with E-state index >= 15 is 0 Å². The number of benzene rings is 1. The highest BCUT2D eigenvalue weighted by atomic mass is 32.1. The molecule has 0 aliphatic rings. The highest BCUT2D eigenvalue weighted by molar-refractivity contribution is 7.71. The molecule has 1 atom stereocenters. The number of H-pyrrole nitrogens is 1. The van der Waals surface area contributed by atoms with Crippen molar-refractivity contribution in [2.45, 2.75) is 19.5 Å². The molecule has 4 nitrogen and oxygen atoms in total. The predicted molar refractivity (Wildman–Crippen MR) is 85.6 cm³/mol. The first-order valence-corrected chi connectivity index (χ1v) is 7.11. The van der Waals surface area contributed by atoms with Crippen molar-refractivity contribution < 1.29 is 0 Å². The lowest BCUT2D eigenvalue weighted by Crippen LogP contribution is -2.29. The maximum atomic E-state index is 5.48. The highest BCUT2D eigenvalue weighted by Crippen LogP contribution is 2.23. The molecule has 0 spiro atoms. The van der Waals surface area contributed by atoms with Crippen LogP contribution in [0, 0.1) is 4.77 Å². The molecule has 3 aromatic rings. The van der Waals surface area contributed by atoms with Crippen LogP contribution < -0.4 is 0 Å². The predicted octanol–water partition coefficient (Wildman–Crippen LogP) is 3.20. The first-order valence-electron chi connectivity index (χ1n) is 6.70. The monoisotopic (exact) mass is 286 g/mol. The summed E-state index contributed by atoms with van der Waals surface area (Å²) in [6.45, 7) is 3.06. The Morgan fingerprint density at radius 1 is 1.35 bits per heavy atom. The SMILES string of the molecule is CC(Cn1c(=S)[nH]c2cnc3ccccc3c21)N(C)C. The molecule has 0 fully saturated rings. The number of pyridine rings is 1. The van der Waals surface area contributed by atoms with E-state index in [1.54, 1.807) is 0 Å². The minimum absolute atomic E-state index is 0.410. The van der Waals surface area contributed by atoms with Gasteiger partial charge in [0.2, 0.25) is 0 Å². The molecule has 0 aliphatic carbocycles. The van der Waals surface area contributed by atoms with Crippen LogP contribution >= 0.6 is 12.2 Å². The second kappa shape index (κ2) is 5.00. The molecule has 0 aliphatic heterocycles. The molecule has 20 heavy (non-hydrogen) atoms. The molecule has 2 aromatic heterocycles. The van der Waals surface area contributed by atoms with Gasteiger partial charge in [-0.05, 0) is 39.3 Å². The minimum atomic E-state index is 0.410. The molecule has 1 unspecified atom stereocenters. The van der Waals surface area contributed by atoms with Gasteiger partial charge >= 0.3 is 0 Å². The number of nitrogens with zero attached hydrogens (tertiary/aromatic N) is 3. The second-order valence-electron chi connectivity index (χ2n) is 5.39. The third kappa shape index (κ3) is 2.13. The van der Waals surface area contributed by atoms with Crippen LogP contribution in [0.1, 0.15) is 6.92 Å². The smallest absolute Gasteiger partial charge is 0.178 e. The Morgan fingerprint density at radius 3 is 2.85 bits per heavy atom. The Hall–Kier alpha value is -1.72. The highest BCUT2D eigenvalue weighted by Gasteiger charge is 2.12. The molecule has 5 heteroatoms. The fourth-order valence-corrected chi connectivity index (χ4v) is 2.67. The molecule has 0 bridgehead atoms. The number of hydrogen-bond donors (Lipinski definition) is 1. The van der Waals surface area contributed by atoms with E-state index in [2.05, 4.69) is 46.5 Å². The topological polar surface area (TPSA) is 36.9 Å². The molecule has 0 radical (unpaired) electrons. The lowest BCUT2D eigenvalue weighted by atomic mass is 10.2. The number of hydrogen-bond acceptors (Lipinski definition) is 3. The van der Waals surface area contributed by atoms with Gasteiger partial charge in [0.1, 0.15) is 0 Å². The van der Waals surface area contributed by atoms with Crippen molar-refractivity contribution in [3.05, 3.63) is 35.2 Å². The summed E-state index contributed by atoms with van der Waals surface area (Å²) < 4.78 is 2.94. The van der Waals surface area contributed by atoms with Crippen molar-refractivity contribution in [3.63, 3.8) is 0 Å². The van der Waals surface area contributed by atoms with Crippen molar-refractivity contribution in [3.8, 4) is 0 Å². The first kappa shape index (κ1) is 13.3. The van der Waals surface area contributed by atoms with Gasteiger partial charge in [-0.1, -0.05) is 18.2 Å². The first-order chi connectivity index (χ1) is 9.58. The number of para-hydroxylation sites is 1. The molecular weight excluding hydrogens is 268 g/mol. The van der Waals surface area contributed by atoms with Gasteiger partial charge in [-0.15, -0.1) is 0 Å². The van der Waals surface area contributed by atoms with Gasteiger partial charge in [-0.25, -0.2) is 0 Å². The van der Waals surface area contributed by atoms with E-state index in [1.807, 2.05) is 24.4 Å². The van der Waals surface area contributed by atoms with Gasteiger partial charge in [-0.2, -0.15) is 0 Å². The molecule has 0 saturated heterocycles. The van der Waals surface area contributed by atoms with E-state index in [-0.39, 0.29) is 0 Å². The third-order valence-corrected chi connectivity index (χ3v) is 4.15. The zero-order chi connectivity index (χ0) is 14.3. The van der Waals surface area contributed by atoms with Crippen LogP contribution in [0.5, 0.6) is 0 Å². The Morgan fingerprint density at radius 2 is 2.10 bits per heavy atom. The fraction of sp³-hybridized carbons (Fsp3) is 0.333. The average Bonchev–Trinajstić information content (AvgIpc) is 2.75. The van der Waals surface area contributed by atoms with E-state index in [4.69, 9.17) is 12.2 Å². The summed E-state index contributed by atoms with van der Waals surface area (Å²) >= 11 is 5.48. The van der Waals surface area contributed by atoms with Crippen LogP contribution in [-0.4, -0.2) is 39.6 Å². The second-order valence-corrected chi connectivity index (χ2v) is 5.78. The Balaban J connectivity index is 2.27. The minimum Gasteiger partial charge on any atom is -0.329 e. The van der Waals surface area contributed by atoms with Crippen molar-refractivity contribution in [1.82, 2.24) is 19.4 Å². The fourth-order valence-electron chi connectivity index (χ4n) is 2.40. The van der Waals surface area contributed by atoms with Crippen LogP contribution in [0.4, 0.5) is 0 Å². The number of nitrogens with one attached hydrogen (secondary N) is 1. The van der Waals surface area contributed by atoms with Gasteiger partial charge in [0.15, 0.2) is 4.77 Å². The maximum Gasteiger partial charge on any atom is 0.178 e. The van der Waals surface area contributed by atoms with Gasteiger partial charge in [0.05, 0.1) is 22.7 Å². The number of imidazole rings is 1. The Labute approximate surface area is 123 Å². The van der Waals surface area contributed by atoms with E-state index in [9.17, 15) is 0 Å².